The van der Waals surface area contributed by atoms with Crippen LogP contribution in [-0.2, 0) is 15.0 Å². The van der Waals surface area contributed by atoms with Gasteiger partial charge in [-0.05, 0) is 36.1 Å². The molecule has 2 aliphatic rings. The fraction of sp³-hybridized carbons (Fsp3) is 0.400. The highest BCUT2D eigenvalue weighted by Crippen LogP contribution is 2.47. The maximum absolute atomic E-state index is 13.8. The summed E-state index contributed by atoms with van der Waals surface area (Å²) in [5.74, 6) is -1.62. The molecule has 176 valence electrons. The molecule has 9 heteroatoms. The molecule has 0 unspecified atom stereocenters. The minimum atomic E-state index is -0.995. The Balaban J connectivity index is 1.65. The van der Waals surface area contributed by atoms with Gasteiger partial charge < -0.3 is 10.2 Å². The van der Waals surface area contributed by atoms with E-state index in [1.54, 1.807) is 0 Å². The van der Waals surface area contributed by atoms with Gasteiger partial charge in [0.25, 0.3) is 11.8 Å². The van der Waals surface area contributed by atoms with Crippen LogP contribution in [0.2, 0.25) is 0 Å². The molecule has 3 atom stereocenters. The molecular formula is C25H26FN5O3. The molecule has 0 aliphatic carbocycles. The van der Waals surface area contributed by atoms with Crippen molar-refractivity contribution in [2.45, 2.75) is 44.3 Å². The van der Waals surface area contributed by atoms with E-state index in [4.69, 9.17) is 6.57 Å². The number of likely N-dealkylation sites (tertiary alicyclic amines) is 1. The van der Waals surface area contributed by atoms with Gasteiger partial charge in [0, 0.05) is 19.3 Å². The van der Waals surface area contributed by atoms with E-state index in [1.807, 2.05) is 38.1 Å². The molecule has 0 bridgehead atoms. The van der Waals surface area contributed by atoms with E-state index in [0.717, 1.165) is 17.8 Å². The third kappa shape index (κ3) is 3.89. The van der Waals surface area contributed by atoms with E-state index in [1.165, 1.54) is 22.9 Å². The van der Waals surface area contributed by atoms with E-state index in [9.17, 15) is 18.8 Å². The Morgan fingerprint density at radius 3 is 2.71 bits per heavy atom. The average molecular weight is 464 g/mol. The lowest BCUT2D eigenvalue weighted by Crippen LogP contribution is -2.51. The van der Waals surface area contributed by atoms with Gasteiger partial charge in [0.05, 0.1) is 12.6 Å². The van der Waals surface area contributed by atoms with Crippen molar-refractivity contribution in [3.8, 4) is 0 Å². The van der Waals surface area contributed by atoms with Crippen molar-refractivity contribution in [3.05, 3.63) is 71.1 Å². The number of carbonyl (C=O) groups excluding carboxylic acids is 3. The zero-order valence-corrected chi connectivity index (χ0v) is 19.3. The van der Waals surface area contributed by atoms with Gasteiger partial charge >= 0.3 is 6.17 Å². The molecule has 0 radical (unpaired) electrons. The van der Waals surface area contributed by atoms with Crippen LogP contribution in [0.1, 0.15) is 42.7 Å². The number of hydrogen-bond donors (Lipinski definition) is 1. The second-order valence-corrected chi connectivity index (χ2v) is 9.28. The Labute approximate surface area is 197 Å². The van der Waals surface area contributed by atoms with Crippen molar-refractivity contribution in [2.75, 3.05) is 18.9 Å². The molecule has 3 amide bonds. The zero-order valence-electron chi connectivity index (χ0n) is 19.3. The number of rotatable bonds is 5. The first-order valence-corrected chi connectivity index (χ1v) is 11.1. The third-order valence-corrected chi connectivity index (χ3v) is 6.60. The number of carbonyl (C=O) groups is 3. The number of fused-ring (bicyclic) bond motifs is 2. The van der Waals surface area contributed by atoms with Gasteiger partial charge in [-0.2, -0.15) is 0 Å². The summed E-state index contributed by atoms with van der Waals surface area (Å²) in [6, 6.07) is 8.87. The predicted molar refractivity (Wildman–Crippen MR) is 123 cm³/mol. The summed E-state index contributed by atoms with van der Waals surface area (Å²) in [4.78, 5) is 50.2. The first-order valence-electron chi connectivity index (χ1n) is 11.1. The Hall–Kier alpha value is -3.80. The molecule has 1 N–H and O–H groups in total. The van der Waals surface area contributed by atoms with E-state index >= 15 is 0 Å². The standard InChI is InChI=1S/C25H26FN5O3/c1-15(2)11-20(30(4)22(32)19-10-9-16(26)13-28-19)23(33)31-14-25(12-21(31)27-3)17-7-5-6-8-18(17)29-24(25)34/h5-10,13,15,20-21H,11-12,14H2,1-2,4H3,(H,29,34)/t20-,21-,25-/m0/s1. The Kier molecular flexibility index (Phi) is 6.09. The van der Waals surface area contributed by atoms with E-state index < -0.39 is 29.3 Å². The van der Waals surface area contributed by atoms with E-state index in [2.05, 4.69) is 15.1 Å². The van der Waals surface area contributed by atoms with Crippen LogP contribution < -0.4 is 5.32 Å². The first kappa shape index (κ1) is 23.4. The van der Waals surface area contributed by atoms with Crippen molar-refractivity contribution in [3.63, 3.8) is 0 Å². The summed E-state index contributed by atoms with van der Waals surface area (Å²) in [6.45, 7) is 11.7. The van der Waals surface area contributed by atoms with Crippen molar-refractivity contribution in [1.29, 1.82) is 0 Å². The number of benzene rings is 1. The van der Waals surface area contributed by atoms with E-state index in [0.29, 0.717) is 12.1 Å². The molecule has 2 aromatic rings. The molecule has 34 heavy (non-hydrogen) atoms. The largest absolute Gasteiger partial charge is 0.328 e. The number of anilines is 1. The number of nitrogens with zero attached hydrogens (tertiary/aromatic N) is 4. The van der Waals surface area contributed by atoms with Crippen LogP contribution in [0.25, 0.3) is 4.85 Å². The van der Waals surface area contributed by atoms with Crippen molar-refractivity contribution in [2.24, 2.45) is 5.92 Å². The number of likely N-dealkylation sites (N-methyl/N-ethyl adjacent to an activating group) is 1. The molecule has 2 aliphatic heterocycles. The Bertz CT molecular complexity index is 1180. The van der Waals surface area contributed by atoms with Crippen LogP contribution in [0.5, 0.6) is 0 Å². The van der Waals surface area contributed by atoms with Crippen LogP contribution in [0.15, 0.2) is 42.6 Å². The normalized spacial score (nSPS) is 21.8. The van der Waals surface area contributed by atoms with Crippen LogP contribution in [0.3, 0.4) is 0 Å². The van der Waals surface area contributed by atoms with Gasteiger partial charge in [-0.1, -0.05) is 32.0 Å². The highest BCUT2D eigenvalue weighted by atomic mass is 19.1. The predicted octanol–water partition coefficient (Wildman–Crippen LogP) is 3.08. The molecule has 1 spiro atoms. The van der Waals surface area contributed by atoms with Crippen LogP contribution in [-0.4, -0.2) is 58.3 Å². The third-order valence-electron chi connectivity index (χ3n) is 6.60. The second-order valence-electron chi connectivity index (χ2n) is 9.28. The molecule has 1 aromatic heterocycles. The number of hydrogen-bond acceptors (Lipinski definition) is 4. The monoisotopic (exact) mass is 463 g/mol. The van der Waals surface area contributed by atoms with Gasteiger partial charge in [-0.25, -0.2) is 15.9 Å². The first-order chi connectivity index (χ1) is 16.2. The number of amides is 3. The van der Waals surface area contributed by atoms with Crippen molar-refractivity contribution in [1.82, 2.24) is 14.8 Å². The minimum Gasteiger partial charge on any atom is -0.328 e. The summed E-state index contributed by atoms with van der Waals surface area (Å²) < 4.78 is 13.3. The second kappa shape index (κ2) is 8.86. The molecule has 0 saturated carbocycles. The molecule has 8 nitrogen and oxygen atoms in total. The van der Waals surface area contributed by atoms with Crippen LogP contribution in [0.4, 0.5) is 10.1 Å². The number of halogens is 1. The smallest absolute Gasteiger partial charge is 0.302 e. The topological polar surface area (TPSA) is 87.0 Å². The average Bonchev–Trinajstić information content (AvgIpc) is 3.35. The van der Waals surface area contributed by atoms with Gasteiger partial charge in [-0.3, -0.25) is 24.1 Å². The van der Waals surface area contributed by atoms with Gasteiger partial charge in [0.2, 0.25) is 5.91 Å². The highest BCUT2D eigenvalue weighted by Gasteiger charge is 2.59. The SMILES string of the molecule is [C-]#[N+][C@@H]1C[C@@]2(CN1C(=O)[C@H](CC(C)C)N(C)C(=O)c1ccc(F)cn1)C(=O)Nc1ccccc12. The summed E-state index contributed by atoms with van der Waals surface area (Å²) in [7, 11) is 1.51. The Morgan fingerprint density at radius 2 is 2.06 bits per heavy atom. The molecule has 1 fully saturated rings. The van der Waals surface area contributed by atoms with Gasteiger partial charge in [-0.15, -0.1) is 0 Å². The van der Waals surface area contributed by atoms with Gasteiger partial charge in [0.15, 0.2) is 0 Å². The minimum absolute atomic E-state index is 0.0224. The summed E-state index contributed by atoms with van der Waals surface area (Å²) in [6.07, 6.45) is 0.678. The van der Waals surface area contributed by atoms with Crippen molar-refractivity contribution < 1.29 is 18.8 Å². The fourth-order valence-corrected chi connectivity index (χ4v) is 4.84. The Morgan fingerprint density at radius 1 is 1.32 bits per heavy atom. The van der Waals surface area contributed by atoms with Crippen LogP contribution in [0, 0.1) is 18.3 Å². The maximum Gasteiger partial charge on any atom is 0.302 e. The summed E-state index contributed by atoms with van der Waals surface area (Å²) in [5.41, 5.74) is 0.503. The fourth-order valence-electron chi connectivity index (χ4n) is 4.84. The number of nitrogens with one attached hydrogen (secondary N) is 1. The van der Waals surface area contributed by atoms with Gasteiger partial charge in [0.1, 0.15) is 23.0 Å². The number of aromatic nitrogens is 1. The summed E-state index contributed by atoms with van der Waals surface area (Å²) >= 11 is 0. The number of para-hydroxylation sites is 1. The zero-order chi connectivity index (χ0) is 24.6. The maximum atomic E-state index is 13.8. The lowest BCUT2D eigenvalue weighted by Gasteiger charge is -2.32. The quantitative estimate of drug-likeness (QED) is 0.691. The summed E-state index contributed by atoms with van der Waals surface area (Å²) in [5, 5.41) is 2.88. The molecule has 3 heterocycles. The van der Waals surface area contributed by atoms with Crippen molar-refractivity contribution >= 4 is 23.4 Å². The molecule has 4 rings (SSSR count). The lowest BCUT2D eigenvalue weighted by molar-refractivity contribution is -0.136. The lowest BCUT2D eigenvalue weighted by atomic mass is 9.80. The number of pyridine rings is 1. The molecule has 1 aromatic carbocycles. The highest BCUT2D eigenvalue weighted by molar-refractivity contribution is 6.07. The molecule has 1 saturated heterocycles. The molecular weight excluding hydrogens is 437 g/mol. The van der Waals surface area contributed by atoms with Crippen LogP contribution >= 0.6 is 0 Å². The van der Waals surface area contributed by atoms with E-state index in [-0.39, 0.29) is 36.4 Å².